The van der Waals surface area contributed by atoms with Crippen molar-refractivity contribution in [3.63, 3.8) is 0 Å². The first-order valence-corrected chi connectivity index (χ1v) is 4.73. The molecule has 1 heterocycles. The van der Waals surface area contributed by atoms with Crippen LogP contribution in [-0.2, 0) is 0 Å². The zero-order chi connectivity index (χ0) is 11.6. The molecule has 0 saturated heterocycles. The molecule has 0 aliphatic rings. The largest absolute Gasteiger partial charge is 0.365 e. The van der Waals surface area contributed by atoms with E-state index in [9.17, 15) is 13.6 Å². The summed E-state index contributed by atoms with van der Waals surface area (Å²) in [6, 6.07) is 2.60. The van der Waals surface area contributed by atoms with Gasteiger partial charge in [0.25, 0.3) is 12.3 Å². The molecule has 7 heteroatoms. The highest BCUT2D eigenvalue weighted by atomic mass is 127. The van der Waals surface area contributed by atoms with Gasteiger partial charge in [-0.05, 0) is 28.7 Å². The Morgan fingerprint density at radius 1 is 1.67 bits per heavy atom. The van der Waals surface area contributed by atoms with Crippen molar-refractivity contribution >= 4 is 28.5 Å². The molecule has 4 nitrogen and oxygen atoms in total. The summed E-state index contributed by atoms with van der Waals surface area (Å²) < 4.78 is 24.8. The Balaban J connectivity index is 3.46. The van der Waals surface area contributed by atoms with Crippen molar-refractivity contribution in [2.75, 3.05) is 0 Å². The van der Waals surface area contributed by atoms with E-state index in [1.54, 1.807) is 28.7 Å². The van der Waals surface area contributed by atoms with E-state index in [4.69, 9.17) is 11.0 Å². The molecule has 0 atom stereocenters. The number of aromatic nitrogens is 1. The summed E-state index contributed by atoms with van der Waals surface area (Å²) in [5, 5.41) is 8.63. The third-order valence-corrected chi connectivity index (χ3v) is 2.42. The highest BCUT2D eigenvalue weighted by Crippen LogP contribution is 2.22. The normalized spacial score (nSPS) is 10.1. The summed E-state index contributed by atoms with van der Waals surface area (Å²) >= 11 is 1.66. The molecule has 0 aliphatic carbocycles. The lowest BCUT2D eigenvalue weighted by molar-refractivity contribution is 0.0997. The highest BCUT2D eigenvalue weighted by Gasteiger charge is 2.19. The minimum atomic E-state index is -2.78. The quantitative estimate of drug-likeness (QED) is 0.840. The van der Waals surface area contributed by atoms with Gasteiger partial charge in [0.05, 0.1) is 5.56 Å². The number of carbonyl (C=O) groups excluding carboxylic acids is 1. The van der Waals surface area contributed by atoms with Crippen LogP contribution in [0, 0.1) is 14.9 Å². The van der Waals surface area contributed by atoms with E-state index in [1.165, 1.54) is 0 Å². The van der Waals surface area contributed by atoms with Crippen molar-refractivity contribution in [1.82, 2.24) is 4.98 Å². The summed E-state index contributed by atoms with van der Waals surface area (Å²) in [4.78, 5) is 14.3. The zero-order valence-corrected chi connectivity index (χ0v) is 9.33. The predicted octanol–water partition coefficient (Wildman–Crippen LogP) is 1.59. The Bertz CT molecular complexity index is 456. The van der Waals surface area contributed by atoms with E-state index >= 15 is 0 Å². The molecule has 1 rings (SSSR count). The molecule has 0 bridgehead atoms. The molecule has 0 spiro atoms. The van der Waals surface area contributed by atoms with Gasteiger partial charge < -0.3 is 5.73 Å². The molecule has 0 aliphatic heterocycles. The van der Waals surface area contributed by atoms with Crippen LogP contribution in [0.1, 0.15) is 28.2 Å². The number of nitrogens with two attached hydrogens (primary N) is 1. The number of carbonyl (C=O) groups is 1. The Labute approximate surface area is 97.2 Å². The fraction of sp³-hybridized carbons (Fsp3) is 0.125. The Kier molecular flexibility index (Phi) is 3.52. The summed E-state index contributed by atoms with van der Waals surface area (Å²) in [5.74, 6) is -0.857. The van der Waals surface area contributed by atoms with Crippen molar-refractivity contribution in [3.05, 3.63) is 26.6 Å². The third-order valence-electron chi connectivity index (χ3n) is 1.57. The SMILES string of the molecule is N#Cc1nc(C(F)F)cc(I)c1C(N)=O. The Hall–Kier alpha value is -1.30. The van der Waals surface area contributed by atoms with Gasteiger partial charge in [-0.15, -0.1) is 0 Å². The van der Waals surface area contributed by atoms with E-state index in [2.05, 4.69) is 4.98 Å². The van der Waals surface area contributed by atoms with Gasteiger partial charge in [-0.1, -0.05) is 0 Å². The van der Waals surface area contributed by atoms with E-state index in [0.717, 1.165) is 6.07 Å². The third kappa shape index (κ3) is 2.38. The number of pyridine rings is 1. The molecule has 78 valence electrons. The minimum Gasteiger partial charge on any atom is -0.365 e. The minimum absolute atomic E-state index is 0.123. The molecule has 0 aromatic carbocycles. The molecular formula is C8H4F2IN3O. The van der Waals surface area contributed by atoms with Crippen LogP contribution >= 0.6 is 22.6 Å². The van der Waals surface area contributed by atoms with Gasteiger partial charge in [-0.3, -0.25) is 4.79 Å². The topological polar surface area (TPSA) is 79.8 Å². The number of hydrogen-bond acceptors (Lipinski definition) is 3. The average molecular weight is 323 g/mol. The molecule has 1 aromatic heterocycles. The number of halogens is 3. The Morgan fingerprint density at radius 2 is 2.27 bits per heavy atom. The van der Waals surface area contributed by atoms with Crippen LogP contribution in [0.4, 0.5) is 8.78 Å². The van der Waals surface area contributed by atoms with Gasteiger partial charge in [0, 0.05) is 3.57 Å². The molecule has 15 heavy (non-hydrogen) atoms. The lowest BCUT2D eigenvalue weighted by atomic mass is 10.1. The van der Waals surface area contributed by atoms with Crippen molar-refractivity contribution in [2.45, 2.75) is 6.43 Å². The second-order valence-electron chi connectivity index (χ2n) is 2.53. The molecule has 0 fully saturated rings. The van der Waals surface area contributed by atoms with Gasteiger partial charge in [-0.2, -0.15) is 5.26 Å². The van der Waals surface area contributed by atoms with Crippen LogP contribution in [0.2, 0.25) is 0 Å². The molecule has 1 amide bonds. The second kappa shape index (κ2) is 4.48. The zero-order valence-electron chi connectivity index (χ0n) is 7.17. The smallest absolute Gasteiger partial charge is 0.280 e. The molecule has 0 saturated carbocycles. The summed E-state index contributed by atoms with van der Waals surface area (Å²) in [5.41, 5.74) is 3.96. The van der Waals surface area contributed by atoms with Gasteiger partial charge >= 0.3 is 0 Å². The number of hydrogen-bond donors (Lipinski definition) is 1. The van der Waals surface area contributed by atoms with Crippen LogP contribution in [0.5, 0.6) is 0 Å². The number of primary amides is 1. The summed E-state index contributed by atoms with van der Waals surface area (Å²) in [7, 11) is 0. The number of rotatable bonds is 2. The van der Waals surface area contributed by atoms with Crippen LogP contribution in [0.15, 0.2) is 6.07 Å². The highest BCUT2D eigenvalue weighted by molar-refractivity contribution is 14.1. The molecule has 0 radical (unpaired) electrons. The summed E-state index contributed by atoms with van der Waals surface area (Å²) in [6.07, 6.45) is -2.78. The fourth-order valence-electron chi connectivity index (χ4n) is 0.959. The van der Waals surface area contributed by atoms with Crippen LogP contribution in [0.3, 0.4) is 0 Å². The second-order valence-corrected chi connectivity index (χ2v) is 3.69. The first-order valence-electron chi connectivity index (χ1n) is 3.66. The standard InChI is InChI=1S/C8H4F2IN3O/c9-7(10)4-1-3(11)6(8(13)15)5(2-12)14-4/h1,7H,(H2,13,15). The maximum atomic E-state index is 12.3. The molecular weight excluding hydrogens is 319 g/mol. The molecule has 1 aromatic rings. The van der Waals surface area contributed by atoms with E-state index in [-0.39, 0.29) is 14.8 Å². The maximum absolute atomic E-state index is 12.3. The number of amides is 1. The van der Waals surface area contributed by atoms with Crippen molar-refractivity contribution in [3.8, 4) is 6.07 Å². The van der Waals surface area contributed by atoms with Crippen LogP contribution in [-0.4, -0.2) is 10.9 Å². The van der Waals surface area contributed by atoms with Crippen molar-refractivity contribution in [1.29, 1.82) is 5.26 Å². The number of nitriles is 1. The van der Waals surface area contributed by atoms with Gasteiger partial charge in [0.2, 0.25) is 0 Å². The molecule has 0 unspecified atom stereocenters. The number of nitrogens with zero attached hydrogens (tertiary/aromatic N) is 2. The van der Waals surface area contributed by atoms with Gasteiger partial charge in [0.15, 0.2) is 5.69 Å². The van der Waals surface area contributed by atoms with E-state index in [1.807, 2.05) is 0 Å². The average Bonchev–Trinajstić information content (AvgIpc) is 2.15. The molecule has 2 N–H and O–H groups in total. The first-order chi connectivity index (χ1) is 6.97. The fourth-order valence-corrected chi connectivity index (χ4v) is 1.80. The van der Waals surface area contributed by atoms with Crippen LogP contribution in [0.25, 0.3) is 0 Å². The van der Waals surface area contributed by atoms with Gasteiger partial charge in [-0.25, -0.2) is 13.8 Å². The monoisotopic (exact) mass is 323 g/mol. The number of alkyl halides is 2. The van der Waals surface area contributed by atoms with Crippen molar-refractivity contribution < 1.29 is 13.6 Å². The first kappa shape index (κ1) is 11.8. The maximum Gasteiger partial charge on any atom is 0.280 e. The van der Waals surface area contributed by atoms with Crippen LogP contribution < -0.4 is 5.73 Å². The summed E-state index contributed by atoms with van der Waals surface area (Å²) in [6.45, 7) is 0. The predicted molar refractivity (Wildman–Crippen MR) is 55.1 cm³/mol. The lowest BCUT2D eigenvalue weighted by Gasteiger charge is -2.05. The van der Waals surface area contributed by atoms with Crippen molar-refractivity contribution in [2.24, 2.45) is 5.73 Å². The van der Waals surface area contributed by atoms with E-state index in [0.29, 0.717) is 0 Å². The van der Waals surface area contributed by atoms with Gasteiger partial charge in [0.1, 0.15) is 11.8 Å². The lowest BCUT2D eigenvalue weighted by Crippen LogP contribution is -2.16. The van der Waals surface area contributed by atoms with E-state index < -0.39 is 18.0 Å². The Morgan fingerprint density at radius 3 is 2.67 bits per heavy atom.